The number of hydrogen-bond donors (Lipinski definition) is 1. The normalized spacial score (nSPS) is 21.3. The van der Waals surface area contributed by atoms with E-state index in [4.69, 9.17) is 0 Å². The number of amides is 2. The fourth-order valence-electron chi connectivity index (χ4n) is 4.53. The molecule has 2 amide bonds. The van der Waals surface area contributed by atoms with Crippen molar-refractivity contribution in [3.8, 4) is 10.4 Å². The lowest BCUT2D eigenvalue weighted by atomic mass is 10.1. The van der Waals surface area contributed by atoms with Crippen molar-refractivity contribution in [1.29, 1.82) is 0 Å². The number of piperidine rings is 1. The molecule has 0 bridgehead atoms. The van der Waals surface area contributed by atoms with Gasteiger partial charge in [0.25, 0.3) is 11.8 Å². The Hall–Kier alpha value is -2.58. The Bertz CT molecular complexity index is 1210. The molecule has 1 aliphatic carbocycles. The molecule has 5 rings (SSSR count). The second-order valence-electron chi connectivity index (χ2n) is 8.33. The van der Waals surface area contributed by atoms with E-state index in [-0.39, 0.29) is 23.7 Å². The van der Waals surface area contributed by atoms with Gasteiger partial charge in [-0.25, -0.2) is 9.37 Å². The van der Waals surface area contributed by atoms with Gasteiger partial charge in [0.2, 0.25) is 0 Å². The maximum atomic E-state index is 13.8. The van der Waals surface area contributed by atoms with E-state index in [1.165, 1.54) is 23.5 Å². The summed E-state index contributed by atoms with van der Waals surface area (Å²) in [4.78, 5) is 33.2. The van der Waals surface area contributed by atoms with Crippen LogP contribution >= 0.6 is 27.3 Å². The van der Waals surface area contributed by atoms with E-state index in [1.54, 1.807) is 24.3 Å². The lowest BCUT2D eigenvalue weighted by Gasteiger charge is -2.27. The van der Waals surface area contributed by atoms with Crippen molar-refractivity contribution in [1.82, 2.24) is 15.2 Å². The Kier molecular flexibility index (Phi) is 5.59. The van der Waals surface area contributed by atoms with Gasteiger partial charge in [-0.2, -0.15) is 0 Å². The van der Waals surface area contributed by atoms with Gasteiger partial charge in [0.1, 0.15) is 11.5 Å². The summed E-state index contributed by atoms with van der Waals surface area (Å²) in [6, 6.07) is 13.4. The van der Waals surface area contributed by atoms with Crippen LogP contribution in [0.25, 0.3) is 10.4 Å². The molecule has 1 N–H and O–H groups in total. The van der Waals surface area contributed by atoms with Crippen molar-refractivity contribution in [2.75, 3.05) is 13.1 Å². The number of hydrogen-bond acceptors (Lipinski definition) is 4. The van der Waals surface area contributed by atoms with E-state index >= 15 is 0 Å². The van der Waals surface area contributed by atoms with Gasteiger partial charge in [-0.05, 0) is 61.1 Å². The van der Waals surface area contributed by atoms with E-state index in [0.29, 0.717) is 46.6 Å². The molecule has 5 nitrogen and oxygen atoms in total. The van der Waals surface area contributed by atoms with Gasteiger partial charge in [-0.15, -0.1) is 11.3 Å². The number of benzene rings is 2. The summed E-state index contributed by atoms with van der Waals surface area (Å²) in [5, 5.41) is 3.76. The first-order valence-corrected chi connectivity index (χ1v) is 12.1. The number of thiazole rings is 1. The highest BCUT2D eigenvalue weighted by Crippen LogP contribution is 2.50. The third-order valence-corrected chi connectivity index (χ3v) is 7.66. The molecule has 3 atom stereocenters. The van der Waals surface area contributed by atoms with Crippen LogP contribution in [0.3, 0.4) is 0 Å². The zero-order valence-electron chi connectivity index (χ0n) is 17.3. The highest BCUT2D eigenvalue weighted by Gasteiger charge is 2.54. The molecule has 1 aromatic heterocycles. The Morgan fingerprint density at radius 3 is 2.84 bits per heavy atom. The molecule has 0 unspecified atom stereocenters. The summed E-state index contributed by atoms with van der Waals surface area (Å²) in [6.45, 7) is 2.91. The van der Waals surface area contributed by atoms with E-state index < -0.39 is 0 Å². The lowest BCUT2D eigenvalue weighted by molar-refractivity contribution is 0.0690. The van der Waals surface area contributed by atoms with Crippen LogP contribution in [0.1, 0.15) is 32.3 Å². The first-order valence-electron chi connectivity index (χ1n) is 10.5. The number of halogens is 2. The summed E-state index contributed by atoms with van der Waals surface area (Å²) in [5.41, 5.74) is 1.59. The van der Waals surface area contributed by atoms with Crippen LogP contribution in [0.2, 0.25) is 0 Å². The summed E-state index contributed by atoms with van der Waals surface area (Å²) in [7, 11) is 0. The summed E-state index contributed by atoms with van der Waals surface area (Å²) < 4.78 is 14.6. The maximum Gasteiger partial charge on any atom is 0.274 e. The van der Waals surface area contributed by atoms with Crippen molar-refractivity contribution in [2.45, 2.75) is 19.4 Å². The number of nitrogens with one attached hydrogen (secondary N) is 1. The van der Waals surface area contributed by atoms with Crippen LogP contribution in [0.15, 0.2) is 53.0 Å². The first-order chi connectivity index (χ1) is 15.4. The van der Waals surface area contributed by atoms with Crippen LogP contribution in [0.4, 0.5) is 4.39 Å². The van der Waals surface area contributed by atoms with Gasteiger partial charge < -0.3 is 10.2 Å². The molecular weight excluding hydrogens is 493 g/mol. The number of fused-ring (bicyclic) bond motifs is 1. The second kappa shape index (κ2) is 8.41. The number of nitrogens with zero attached hydrogens (tertiary/aromatic N) is 2. The number of aromatic nitrogens is 1. The highest BCUT2D eigenvalue weighted by molar-refractivity contribution is 9.10. The molecule has 0 spiro atoms. The van der Waals surface area contributed by atoms with Crippen molar-refractivity contribution < 1.29 is 14.0 Å². The standard InChI is InChI=1S/C24H21BrFN3O2S/c1-13-28-21(22(32-13)14-4-3-7-18(26)9-14)24(31)29-12-16-10-19(16)20(29)11-27-23(30)15-5-2-6-17(25)8-15/h2-9,16,19-20H,10-12H2,1H3,(H,27,30)/t16-,19-,20-/m1/s1. The van der Waals surface area contributed by atoms with Gasteiger partial charge in [-0.3, -0.25) is 9.59 Å². The molecule has 2 heterocycles. The minimum Gasteiger partial charge on any atom is -0.350 e. The molecule has 1 saturated heterocycles. The number of carbonyl (C=O) groups is 2. The number of likely N-dealkylation sites (tertiary alicyclic amines) is 1. The van der Waals surface area contributed by atoms with Gasteiger partial charge in [-0.1, -0.05) is 34.1 Å². The number of rotatable bonds is 5. The molecule has 2 fully saturated rings. The van der Waals surface area contributed by atoms with E-state index in [0.717, 1.165) is 15.9 Å². The second-order valence-corrected chi connectivity index (χ2v) is 10.4. The van der Waals surface area contributed by atoms with Gasteiger partial charge >= 0.3 is 0 Å². The molecule has 164 valence electrons. The fourth-order valence-corrected chi connectivity index (χ4v) is 5.83. The predicted octanol–water partition coefficient (Wildman–Crippen LogP) is 4.91. The van der Waals surface area contributed by atoms with Crippen LogP contribution < -0.4 is 5.32 Å². The average molecular weight is 514 g/mol. The van der Waals surface area contributed by atoms with Crippen molar-refractivity contribution in [3.63, 3.8) is 0 Å². The Morgan fingerprint density at radius 2 is 2.06 bits per heavy atom. The molecule has 1 aliphatic heterocycles. The van der Waals surface area contributed by atoms with Gasteiger partial charge in [0, 0.05) is 23.1 Å². The zero-order valence-corrected chi connectivity index (χ0v) is 19.7. The molecular formula is C24H21BrFN3O2S. The molecule has 32 heavy (non-hydrogen) atoms. The van der Waals surface area contributed by atoms with E-state index in [2.05, 4.69) is 26.2 Å². The summed E-state index contributed by atoms with van der Waals surface area (Å²) in [6.07, 6.45) is 1.08. The zero-order chi connectivity index (χ0) is 22.4. The average Bonchev–Trinajstić information content (AvgIpc) is 3.28. The third kappa shape index (κ3) is 4.09. The monoisotopic (exact) mass is 513 g/mol. The third-order valence-electron chi connectivity index (χ3n) is 6.15. The molecule has 8 heteroatoms. The fraction of sp³-hybridized carbons (Fsp3) is 0.292. The maximum absolute atomic E-state index is 13.8. The van der Waals surface area contributed by atoms with E-state index in [1.807, 2.05) is 24.0 Å². The number of aryl methyl sites for hydroxylation is 1. The summed E-state index contributed by atoms with van der Waals surface area (Å²) in [5.74, 6) is 0.223. The largest absolute Gasteiger partial charge is 0.350 e. The SMILES string of the molecule is Cc1nc(C(=O)N2C[C@H]3C[C@H]3[C@H]2CNC(=O)c2cccc(Br)c2)c(-c2cccc(F)c2)s1. The van der Waals surface area contributed by atoms with Crippen LogP contribution in [-0.4, -0.2) is 40.8 Å². The highest BCUT2D eigenvalue weighted by atomic mass is 79.9. The predicted molar refractivity (Wildman–Crippen MR) is 125 cm³/mol. The smallest absolute Gasteiger partial charge is 0.274 e. The topological polar surface area (TPSA) is 62.3 Å². The van der Waals surface area contributed by atoms with Gasteiger partial charge in [0.05, 0.1) is 15.9 Å². The Labute approximate surface area is 197 Å². The Balaban J connectivity index is 1.36. The molecule has 2 aromatic carbocycles. The van der Waals surface area contributed by atoms with Crippen molar-refractivity contribution >= 4 is 39.1 Å². The van der Waals surface area contributed by atoms with Crippen LogP contribution in [0.5, 0.6) is 0 Å². The lowest BCUT2D eigenvalue weighted by Crippen LogP contribution is -2.45. The van der Waals surface area contributed by atoms with Crippen molar-refractivity contribution in [2.24, 2.45) is 11.8 Å². The molecule has 1 saturated carbocycles. The van der Waals surface area contributed by atoms with Crippen molar-refractivity contribution in [3.05, 3.63) is 75.1 Å². The molecule has 3 aromatic rings. The minimum absolute atomic E-state index is 0.0639. The van der Waals surface area contributed by atoms with Crippen LogP contribution in [0, 0.1) is 24.6 Å². The number of carbonyl (C=O) groups excluding carboxylic acids is 2. The quantitative estimate of drug-likeness (QED) is 0.527. The van der Waals surface area contributed by atoms with E-state index in [9.17, 15) is 14.0 Å². The van der Waals surface area contributed by atoms with Gasteiger partial charge in [0.15, 0.2) is 0 Å². The Morgan fingerprint density at radius 1 is 1.25 bits per heavy atom. The first kappa shape index (κ1) is 21.3. The minimum atomic E-state index is -0.345. The van der Waals surface area contributed by atoms with Crippen LogP contribution in [-0.2, 0) is 0 Å². The summed E-state index contributed by atoms with van der Waals surface area (Å²) >= 11 is 4.78. The molecule has 0 radical (unpaired) electrons. The molecule has 2 aliphatic rings.